The predicted molar refractivity (Wildman–Crippen MR) is 79.2 cm³/mol. The smallest absolute Gasteiger partial charge is 0.276 e. The van der Waals surface area contributed by atoms with E-state index in [2.05, 4.69) is 28.2 Å². The molecule has 0 spiro atoms. The lowest BCUT2D eigenvalue weighted by Crippen LogP contribution is -2.43. The van der Waals surface area contributed by atoms with Crippen LogP contribution in [-0.4, -0.2) is 46.0 Å². The lowest BCUT2D eigenvalue weighted by Gasteiger charge is -2.32. The Kier molecular flexibility index (Phi) is 7.28. The van der Waals surface area contributed by atoms with E-state index in [9.17, 15) is 8.42 Å². The van der Waals surface area contributed by atoms with Crippen molar-refractivity contribution in [2.24, 2.45) is 11.8 Å². The zero-order valence-corrected chi connectivity index (χ0v) is 13.3. The Hall–Kier alpha value is -0.170. The average Bonchev–Trinajstić information content (AvgIpc) is 2.35. The lowest BCUT2D eigenvalue weighted by molar-refractivity contribution is 0.169. The van der Waals surface area contributed by atoms with Crippen molar-refractivity contribution in [2.75, 3.05) is 32.7 Å². The summed E-state index contributed by atoms with van der Waals surface area (Å²) in [6, 6.07) is 0. The molecular weight excluding hydrogens is 262 g/mol. The van der Waals surface area contributed by atoms with Crippen LogP contribution in [0.1, 0.15) is 40.0 Å². The normalized spacial score (nSPS) is 19.2. The molecule has 1 aliphatic heterocycles. The molecule has 6 heteroatoms. The average molecular weight is 291 g/mol. The van der Waals surface area contributed by atoms with Crippen LogP contribution in [0.25, 0.3) is 0 Å². The van der Waals surface area contributed by atoms with Crippen LogP contribution in [0.3, 0.4) is 0 Å². The van der Waals surface area contributed by atoms with Crippen LogP contribution in [0.5, 0.6) is 0 Å². The largest absolute Gasteiger partial charge is 0.303 e. The molecule has 0 unspecified atom stereocenters. The van der Waals surface area contributed by atoms with Crippen molar-refractivity contribution in [3.8, 4) is 0 Å². The molecule has 0 bridgehead atoms. The summed E-state index contributed by atoms with van der Waals surface area (Å²) in [5, 5.41) is 0. The quantitative estimate of drug-likeness (QED) is 0.706. The molecule has 1 aliphatic rings. The molecule has 0 aromatic rings. The minimum absolute atomic E-state index is 0.474. The van der Waals surface area contributed by atoms with E-state index >= 15 is 0 Å². The van der Waals surface area contributed by atoms with Gasteiger partial charge in [-0.15, -0.1) is 0 Å². The molecule has 0 aliphatic carbocycles. The van der Waals surface area contributed by atoms with Crippen molar-refractivity contribution < 1.29 is 8.42 Å². The Morgan fingerprint density at radius 3 is 2.37 bits per heavy atom. The van der Waals surface area contributed by atoms with Crippen molar-refractivity contribution in [1.82, 2.24) is 14.3 Å². The zero-order chi connectivity index (χ0) is 14.3. The summed E-state index contributed by atoms with van der Waals surface area (Å²) >= 11 is 0. The molecule has 1 heterocycles. The summed E-state index contributed by atoms with van der Waals surface area (Å²) in [5.41, 5.74) is 0. The Labute approximate surface area is 118 Å². The maximum absolute atomic E-state index is 11.6. The Balaban J connectivity index is 2.22. The second kappa shape index (κ2) is 8.19. The molecule has 0 aromatic heterocycles. The molecule has 0 saturated carbocycles. The van der Waals surface area contributed by atoms with Gasteiger partial charge < -0.3 is 4.90 Å². The summed E-state index contributed by atoms with van der Waals surface area (Å²) < 4.78 is 28.4. The fourth-order valence-electron chi connectivity index (χ4n) is 2.40. The first-order chi connectivity index (χ1) is 8.93. The van der Waals surface area contributed by atoms with Gasteiger partial charge in [0.05, 0.1) is 0 Å². The molecule has 1 rings (SSSR count). The van der Waals surface area contributed by atoms with E-state index in [1.165, 1.54) is 0 Å². The van der Waals surface area contributed by atoms with Gasteiger partial charge >= 0.3 is 0 Å². The molecule has 1 saturated heterocycles. The number of rotatable bonds is 8. The van der Waals surface area contributed by atoms with Crippen molar-refractivity contribution >= 4 is 10.2 Å². The Morgan fingerprint density at radius 1 is 1.21 bits per heavy atom. The number of nitrogens with one attached hydrogen (secondary N) is 2. The molecular formula is C13H29N3O2S. The third-order valence-electron chi connectivity index (χ3n) is 3.43. The van der Waals surface area contributed by atoms with E-state index in [0.717, 1.165) is 38.9 Å². The van der Waals surface area contributed by atoms with Crippen molar-refractivity contribution in [1.29, 1.82) is 0 Å². The van der Waals surface area contributed by atoms with Gasteiger partial charge in [0.1, 0.15) is 0 Å². The van der Waals surface area contributed by atoms with Gasteiger partial charge in [0.2, 0.25) is 0 Å². The molecule has 1 fully saturated rings. The van der Waals surface area contributed by atoms with Crippen LogP contribution < -0.4 is 9.44 Å². The lowest BCUT2D eigenvalue weighted by atomic mass is 9.96. The SMILES string of the molecule is CCCNS(=O)(=O)NCC1CCN(CC(C)C)CC1. The van der Waals surface area contributed by atoms with Crippen LogP contribution >= 0.6 is 0 Å². The number of nitrogens with zero attached hydrogens (tertiary/aromatic N) is 1. The summed E-state index contributed by atoms with van der Waals surface area (Å²) in [7, 11) is -3.29. The maximum atomic E-state index is 11.6. The van der Waals surface area contributed by atoms with Crippen molar-refractivity contribution in [2.45, 2.75) is 40.0 Å². The van der Waals surface area contributed by atoms with Gasteiger partial charge in [-0.1, -0.05) is 20.8 Å². The second-order valence-corrected chi connectivity index (χ2v) is 7.47. The van der Waals surface area contributed by atoms with Crippen molar-refractivity contribution in [3.05, 3.63) is 0 Å². The van der Waals surface area contributed by atoms with Gasteiger partial charge in [0.25, 0.3) is 10.2 Å². The third kappa shape index (κ3) is 7.25. The number of likely N-dealkylation sites (tertiary alicyclic amines) is 1. The third-order valence-corrected chi connectivity index (χ3v) is 4.57. The van der Waals surface area contributed by atoms with Gasteiger partial charge in [0.15, 0.2) is 0 Å². The minimum atomic E-state index is -3.29. The van der Waals surface area contributed by atoms with E-state index in [0.29, 0.717) is 24.9 Å². The second-order valence-electron chi connectivity index (χ2n) is 5.88. The summed E-state index contributed by atoms with van der Waals surface area (Å²) in [4.78, 5) is 2.48. The van der Waals surface area contributed by atoms with Crippen LogP contribution in [0, 0.1) is 11.8 Å². The number of hydrogen-bond donors (Lipinski definition) is 2. The van der Waals surface area contributed by atoms with Crippen LogP contribution in [0.2, 0.25) is 0 Å². The standard InChI is InChI=1S/C13H29N3O2S/c1-4-7-14-19(17,18)15-10-13-5-8-16(9-6-13)11-12(2)3/h12-15H,4-11H2,1-3H3. The Bertz CT molecular complexity index is 336. The first-order valence-electron chi connectivity index (χ1n) is 7.39. The molecule has 114 valence electrons. The molecule has 19 heavy (non-hydrogen) atoms. The van der Waals surface area contributed by atoms with Gasteiger partial charge in [-0.3, -0.25) is 0 Å². The minimum Gasteiger partial charge on any atom is -0.303 e. The molecule has 0 aromatic carbocycles. The van der Waals surface area contributed by atoms with Gasteiger partial charge in [-0.05, 0) is 44.2 Å². The predicted octanol–water partition coefficient (Wildman–Crippen LogP) is 1.19. The number of piperidine rings is 1. The zero-order valence-electron chi connectivity index (χ0n) is 12.5. The highest BCUT2D eigenvalue weighted by molar-refractivity contribution is 7.87. The van der Waals surface area contributed by atoms with Crippen LogP contribution in [0.4, 0.5) is 0 Å². The van der Waals surface area contributed by atoms with Gasteiger partial charge in [-0.2, -0.15) is 8.42 Å². The van der Waals surface area contributed by atoms with Gasteiger partial charge in [-0.25, -0.2) is 9.44 Å². The maximum Gasteiger partial charge on any atom is 0.276 e. The number of hydrogen-bond acceptors (Lipinski definition) is 3. The first-order valence-corrected chi connectivity index (χ1v) is 8.88. The molecule has 5 nitrogen and oxygen atoms in total. The topological polar surface area (TPSA) is 61.4 Å². The summed E-state index contributed by atoms with van der Waals surface area (Å²) in [5.74, 6) is 1.18. The highest BCUT2D eigenvalue weighted by Crippen LogP contribution is 2.17. The van der Waals surface area contributed by atoms with E-state index in [1.807, 2.05) is 6.92 Å². The molecule has 0 radical (unpaired) electrons. The Morgan fingerprint density at radius 2 is 1.84 bits per heavy atom. The first kappa shape index (κ1) is 16.9. The van der Waals surface area contributed by atoms with E-state index in [4.69, 9.17) is 0 Å². The van der Waals surface area contributed by atoms with Crippen LogP contribution in [-0.2, 0) is 10.2 Å². The van der Waals surface area contributed by atoms with E-state index < -0.39 is 10.2 Å². The fraction of sp³-hybridized carbons (Fsp3) is 1.00. The molecule has 0 amide bonds. The monoisotopic (exact) mass is 291 g/mol. The van der Waals surface area contributed by atoms with E-state index in [-0.39, 0.29) is 0 Å². The summed E-state index contributed by atoms with van der Waals surface area (Å²) in [6.45, 7) is 10.8. The van der Waals surface area contributed by atoms with Crippen molar-refractivity contribution in [3.63, 3.8) is 0 Å². The van der Waals surface area contributed by atoms with Gasteiger partial charge in [0, 0.05) is 19.6 Å². The molecule has 2 N–H and O–H groups in total. The molecule has 0 atom stereocenters. The van der Waals surface area contributed by atoms with Crippen LogP contribution in [0.15, 0.2) is 0 Å². The fourth-order valence-corrected chi connectivity index (χ4v) is 3.43. The van der Waals surface area contributed by atoms with E-state index in [1.54, 1.807) is 0 Å². The summed E-state index contributed by atoms with van der Waals surface area (Å²) in [6.07, 6.45) is 2.99. The highest BCUT2D eigenvalue weighted by atomic mass is 32.2. The highest BCUT2D eigenvalue weighted by Gasteiger charge is 2.21.